The van der Waals surface area contributed by atoms with Crippen LogP contribution in [0.5, 0.6) is 5.75 Å². The molecule has 1 aromatic carbocycles. The Morgan fingerprint density at radius 3 is 2.57 bits per heavy atom. The lowest BCUT2D eigenvalue weighted by molar-refractivity contribution is -0.147. The van der Waals surface area contributed by atoms with E-state index in [9.17, 15) is 4.79 Å². The van der Waals surface area contributed by atoms with Crippen LogP contribution in [0.3, 0.4) is 0 Å². The number of carbonyl (C=O) groups is 1. The number of methoxy groups -OCH3 is 1. The van der Waals surface area contributed by atoms with E-state index in [1.165, 1.54) is 12.5 Å². The van der Waals surface area contributed by atoms with Gasteiger partial charge in [0.15, 0.2) is 0 Å². The maximum absolute atomic E-state index is 12.1. The molecule has 4 heteroatoms. The molecule has 2 rings (SSSR count). The highest BCUT2D eigenvalue weighted by molar-refractivity contribution is 5.87. The zero-order chi connectivity index (χ0) is 16.7. The first-order valence-corrected chi connectivity index (χ1v) is 8.26. The van der Waals surface area contributed by atoms with Gasteiger partial charge in [0.2, 0.25) is 0 Å². The van der Waals surface area contributed by atoms with Crippen LogP contribution >= 0.6 is 0 Å². The van der Waals surface area contributed by atoms with Gasteiger partial charge in [0, 0.05) is 18.5 Å². The highest BCUT2D eigenvalue weighted by Gasteiger charge is 2.28. The largest absolute Gasteiger partial charge is 0.497 e. The van der Waals surface area contributed by atoms with Crippen LogP contribution in [0.15, 0.2) is 30.3 Å². The fourth-order valence-electron chi connectivity index (χ4n) is 3.07. The third-order valence-corrected chi connectivity index (χ3v) is 4.23. The molecule has 0 aromatic heterocycles. The minimum absolute atomic E-state index is 0.0409. The Morgan fingerprint density at radius 1 is 1.22 bits per heavy atom. The lowest BCUT2D eigenvalue weighted by Gasteiger charge is -2.32. The molecule has 2 atom stereocenters. The molecule has 0 unspecified atom stereocenters. The van der Waals surface area contributed by atoms with E-state index in [1.54, 1.807) is 13.2 Å². The quantitative estimate of drug-likeness (QED) is 0.595. The van der Waals surface area contributed by atoms with Crippen molar-refractivity contribution in [3.8, 4) is 5.75 Å². The summed E-state index contributed by atoms with van der Waals surface area (Å²) >= 11 is 0. The second kappa shape index (κ2) is 8.73. The van der Waals surface area contributed by atoms with E-state index in [0.29, 0.717) is 5.92 Å². The highest BCUT2D eigenvalue weighted by Crippen LogP contribution is 2.27. The van der Waals surface area contributed by atoms with Gasteiger partial charge >= 0.3 is 5.97 Å². The van der Waals surface area contributed by atoms with Crippen molar-refractivity contribution in [2.75, 3.05) is 27.7 Å². The molecule has 126 valence electrons. The fourth-order valence-corrected chi connectivity index (χ4v) is 3.07. The zero-order valence-corrected chi connectivity index (χ0v) is 14.3. The van der Waals surface area contributed by atoms with Gasteiger partial charge in [0.25, 0.3) is 0 Å². The Kier molecular flexibility index (Phi) is 6.66. The van der Waals surface area contributed by atoms with Gasteiger partial charge in [-0.05, 0) is 57.1 Å². The van der Waals surface area contributed by atoms with E-state index in [2.05, 4.69) is 19.0 Å². The Morgan fingerprint density at radius 2 is 1.91 bits per heavy atom. The third-order valence-electron chi connectivity index (χ3n) is 4.23. The van der Waals surface area contributed by atoms with E-state index in [4.69, 9.17) is 9.47 Å². The summed E-state index contributed by atoms with van der Waals surface area (Å²) in [7, 11) is 5.77. The van der Waals surface area contributed by atoms with Crippen molar-refractivity contribution in [1.29, 1.82) is 0 Å². The minimum atomic E-state index is -0.253. The molecule has 1 saturated carbocycles. The molecule has 1 aliphatic carbocycles. The van der Waals surface area contributed by atoms with E-state index < -0.39 is 0 Å². The SMILES string of the molecule is COc1ccc(/C=C/C(=O)O[C@@H]2CCCC[C@@H]2CN(C)C)cc1. The first-order chi connectivity index (χ1) is 11.1. The lowest BCUT2D eigenvalue weighted by atomic mass is 9.86. The second-order valence-electron chi connectivity index (χ2n) is 6.39. The molecule has 0 aliphatic heterocycles. The van der Waals surface area contributed by atoms with Gasteiger partial charge in [-0.1, -0.05) is 18.6 Å². The number of nitrogens with zero attached hydrogens (tertiary/aromatic N) is 1. The van der Waals surface area contributed by atoms with Crippen molar-refractivity contribution < 1.29 is 14.3 Å². The molecule has 0 spiro atoms. The average Bonchev–Trinajstić information content (AvgIpc) is 2.55. The maximum Gasteiger partial charge on any atom is 0.331 e. The van der Waals surface area contributed by atoms with Crippen molar-refractivity contribution in [3.05, 3.63) is 35.9 Å². The molecule has 23 heavy (non-hydrogen) atoms. The molecule has 0 saturated heterocycles. The normalized spacial score (nSPS) is 21.6. The molecule has 1 fully saturated rings. The summed E-state index contributed by atoms with van der Waals surface area (Å²) in [5, 5.41) is 0. The smallest absolute Gasteiger partial charge is 0.331 e. The molecule has 0 radical (unpaired) electrons. The van der Waals surface area contributed by atoms with Crippen molar-refractivity contribution >= 4 is 12.0 Å². The molecular formula is C19H27NO3. The van der Waals surface area contributed by atoms with Gasteiger partial charge in [-0.15, -0.1) is 0 Å². The van der Waals surface area contributed by atoms with Gasteiger partial charge in [-0.2, -0.15) is 0 Å². The molecule has 0 bridgehead atoms. The van der Waals surface area contributed by atoms with E-state index >= 15 is 0 Å². The summed E-state index contributed by atoms with van der Waals surface area (Å²) < 4.78 is 10.8. The summed E-state index contributed by atoms with van der Waals surface area (Å²) in [6.45, 7) is 0.972. The average molecular weight is 317 g/mol. The van der Waals surface area contributed by atoms with Gasteiger partial charge in [-0.25, -0.2) is 4.79 Å². The summed E-state index contributed by atoms with van der Waals surface area (Å²) in [4.78, 5) is 14.3. The first-order valence-electron chi connectivity index (χ1n) is 8.26. The van der Waals surface area contributed by atoms with Crippen molar-refractivity contribution in [1.82, 2.24) is 4.90 Å². The van der Waals surface area contributed by atoms with Gasteiger partial charge in [0.05, 0.1) is 7.11 Å². The predicted molar refractivity (Wildman–Crippen MR) is 92.4 cm³/mol. The molecule has 1 aromatic rings. The molecule has 0 heterocycles. The van der Waals surface area contributed by atoms with E-state index in [-0.39, 0.29) is 12.1 Å². The van der Waals surface area contributed by atoms with Crippen LogP contribution in [0.1, 0.15) is 31.2 Å². The number of benzene rings is 1. The molecule has 0 amide bonds. The van der Waals surface area contributed by atoms with Gasteiger partial charge in [-0.3, -0.25) is 0 Å². The van der Waals surface area contributed by atoms with Crippen LogP contribution in [0, 0.1) is 5.92 Å². The summed E-state index contributed by atoms with van der Waals surface area (Å²) in [5.41, 5.74) is 0.955. The number of rotatable bonds is 6. The summed E-state index contributed by atoms with van der Waals surface area (Å²) in [6, 6.07) is 7.58. The van der Waals surface area contributed by atoms with Crippen LogP contribution in [-0.4, -0.2) is 44.7 Å². The molecule has 1 aliphatic rings. The van der Waals surface area contributed by atoms with Crippen LogP contribution in [0.25, 0.3) is 6.08 Å². The number of carbonyl (C=O) groups excluding carboxylic acids is 1. The molecule has 4 nitrogen and oxygen atoms in total. The standard InChI is InChI=1S/C19H27NO3/c1-20(2)14-16-6-4-5-7-18(16)23-19(21)13-10-15-8-11-17(22-3)12-9-15/h8-13,16,18H,4-7,14H2,1-3H3/b13-10+/t16-,18-/m1/s1. The molecule has 0 N–H and O–H groups in total. The summed E-state index contributed by atoms with van der Waals surface area (Å²) in [6.07, 6.45) is 7.82. The van der Waals surface area contributed by atoms with Crippen LogP contribution in [-0.2, 0) is 9.53 Å². The summed E-state index contributed by atoms with van der Waals surface area (Å²) in [5.74, 6) is 0.993. The Labute approximate surface area is 139 Å². The maximum atomic E-state index is 12.1. The fraction of sp³-hybridized carbons (Fsp3) is 0.526. The van der Waals surface area contributed by atoms with Crippen LogP contribution in [0.4, 0.5) is 0 Å². The zero-order valence-electron chi connectivity index (χ0n) is 14.3. The number of hydrogen-bond donors (Lipinski definition) is 0. The number of esters is 1. The number of hydrogen-bond acceptors (Lipinski definition) is 4. The van der Waals surface area contributed by atoms with E-state index in [1.807, 2.05) is 24.3 Å². The third kappa shape index (κ3) is 5.71. The van der Waals surface area contributed by atoms with Gasteiger partial charge in [0.1, 0.15) is 11.9 Å². The lowest BCUT2D eigenvalue weighted by Crippen LogP contribution is -2.36. The Hall–Kier alpha value is -1.81. The Bertz CT molecular complexity index is 522. The molecular weight excluding hydrogens is 290 g/mol. The van der Waals surface area contributed by atoms with Crippen LogP contribution < -0.4 is 4.74 Å². The van der Waals surface area contributed by atoms with Crippen molar-refractivity contribution in [2.24, 2.45) is 5.92 Å². The monoisotopic (exact) mass is 317 g/mol. The Balaban J connectivity index is 1.90. The van der Waals surface area contributed by atoms with Crippen molar-refractivity contribution in [2.45, 2.75) is 31.8 Å². The van der Waals surface area contributed by atoms with Gasteiger partial charge < -0.3 is 14.4 Å². The minimum Gasteiger partial charge on any atom is -0.497 e. The topological polar surface area (TPSA) is 38.8 Å². The number of ether oxygens (including phenoxy) is 2. The second-order valence-corrected chi connectivity index (χ2v) is 6.39. The predicted octanol–water partition coefficient (Wildman–Crippen LogP) is 3.37. The highest BCUT2D eigenvalue weighted by atomic mass is 16.5. The van der Waals surface area contributed by atoms with Crippen molar-refractivity contribution in [3.63, 3.8) is 0 Å². The first kappa shape index (κ1) is 17.5. The van der Waals surface area contributed by atoms with Crippen LogP contribution in [0.2, 0.25) is 0 Å². The van der Waals surface area contributed by atoms with E-state index in [0.717, 1.165) is 37.1 Å².